The maximum atomic E-state index is 12.3. The number of hydrogen-bond acceptors (Lipinski definition) is 5. The zero-order chi connectivity index (χ0) is 17.5. The third kappa shape index (κ3) is 3.20. The van der Waals surface area contributed by atoms with Gasteiger partial charge in [-0.1, -0.05) is 12.1 Å². The fourth-order valence-corrected chi connectivity index (χ4v) is 3.12. The average Bonchev–Trinajstić information content (AvgIpc) is 2.75. The minimum absolute atomic E-state index is 0.0509. The lowest BCUT2D eigenvalue weighted by atomic mass is 9.86. The summed E-state index contributed by atoms with van der Waals surface area (Å²) in [5.41, 5.74) is -5.82. The van der Waals surface area contributed by atoms with Crippen LogP contribution in [0.1, 0.15) is 31.2 Å². The fraction of sp³-hybridized carbons (Fsp3) is 0.500. The summed E-state index contributed by atoms with van der Waals surface area (Å²) >= 11 is 0. The quantitative estimate of drug-likeness (QED) is 0.616. The van der Waals surface area contributed by atoms with E-state index in [2.05, 4.69) is 4.18 Å². The first-order chi connectivity index (χ1) is 10.5. The number of carbonyl (C=O) groups is 1. The monoisotopic (exact) mass is 352 g/mol. The van der Waals surface area contributed by atoms with Gasteiger partial charge in [0.25, 0.3) is 0 Å². The molecule has 0 heterocycles. The number of methoxy groups -OCH3 is 1. The molecule has 1 aliphatic rings. The Morgan fingerprint density at radius 3 is 2.26 bits per heavy atom. The molecule has 1 aromatic carbocycles. The molecule has 0 saturated heterocycles. The Bertz CT molecular complexity index is 696. The van der Waals surface area contributed by atoms with Gasteiger partial charge in [0.1, 0.15) is 11.4 Å². The SMILES string of the molecule is CO[C@@]1(C)C(=O)CC[C@@H]1c1ccc(OS(=O)(=O)C(F)(F)F)cc1. The van der Waals surface area contributed by atoms with Crippen molar-refractivity contribution in [2.75, 3.05) is 7.11 Å². The lowest BCUT2D eigenvalue weighted by Gasteiger charge is -2.28. The molecular weight excluding hydrogens is 337 g/mol. The first kappa shape index (κ1) is 17.7. The van der Waals surface area contributed by atoms with Crippen molar-refractivity contribution in [3.05, 3.63) is 29.8 Å². The van der Waals surface area contributed by atoms with E-state index in [1.165, 1.54) is 19.2 Å². The van der Waals surface area contributed by atoms with Gasteiger partial charge in [-0.05, 0) is 31.0 Å². The molecule has 0 aliphatic heterocycles. The Kier molecular flexibility index (Phi) is 4.46. The van der Waals surface area contributed by atoms with Crippen LogP contribution in [0.2, 0.25) is 0 Å². The number of alkyl halides is 3. The van der Waals surface area contributed by atoms with E-state index in [1.807, 2.05) is 0 Å². The first-order valence-corrected chi connectivity index (χ1v) is 8.11. The molecule has 128 valence electrons. The molecule has 1 aromatic rings. The van der Waals surface area contributed by atoms with Gasteiger partial charge in [-0.2, -0.15) is 21.6 Å². The van der Waals surface area contributed by atoms with Gasteiger partial charge in [0.2, 0.25) is 0 Å². The number of benzene rings is 1. The van der Waals surface area contributed by atoms with E-state index in [0.717, 1.165) is 12.1 Å². The molecule has 0 aromatic heterocycles. The van der Waals surface area contributed by atoms with E-state index >= 15 is 0 Å². The van der Waals surface area contributed by atoms with Gasteiger partial charge in [-0.3, -0.25) is 4.79 Å². The number of carbonyl (C=O) groups excluding carboxylic acids is 1. The van der Waals surface area contributed by atoms with Gasteiger partial charge in [0.05, 0.1) is 0 Å². The van der Waals surface area contributed by atoms with Crippen LogP contribution >= 0.6 is 0 Å². The third-order valence-corrected chi connectivity index (χ3v) is 5.05. The molecule has 5 nitrogen and oxygen atoms in total. The van der Waals surface area contributed by atoms with Crippen molar-refractivity contribution in [2.24, 2.45) is 0 Å². The molecule has 1 fully saturated rings. The molecule has 0 spiro atoms. The molecule has 1 aliphatic carbocycles. The molecule has 0 amide bonds. The third-order valence-electron chi connectivity index (χ3n) is 4.07. The van der Waals surface area contributed by atoms with Crippen LogP contribution < -0.4 is 4.18 Å². The van der Waals surface area contributed by atoms with Crippen molar-refractivity contribution < 1.29 is 35.3 Å². The van der Waals surface area contributed by atoms with Crippen LogP contribution in [0.3, 0.4) is 0 Å². The number of Topliss-reactive ketones (excluding diaryl/α,β-unsaturated/α-hetero) is 1. The summed E-state index contributed by atoms with van der Waals surface area (Å²) in [6.07, 6.45) is 0.889. The van der Waals surface area contributed by atoms with Gasteiger partial charge in [0, 0.05) is 19.4 Å². The fourth-order valence-electron chi connectivity index (χ4n) is 2.66. The highest BCUT2D eigenvalue weighted by atomic mass is 32.2. The van der Waals surface area contributed by atoms with Crippen LogP contribution in [-0.2, 0) is 19.6 Å². The van der Waals surface area contributed by atoms with Crippen molar-refractivity contribution in [1.29, 1.82) is 0 Å². The summed E-state index contributed by atoms with van der Waals surface area (Å²) in [5, 5.41) is 0. The van der Waals surface area contributed by atoms with E-state index in [9.17, 15) is 26.4 Å². The molecule has 1 saturated carbocycles. The Labute approximate surface area is 131 Å². The predicted octanol–water partition coefficient (Wildman–Crippen LogP) is 2.77. The van der Waals surface area contributed by atoms with Crippen molar-refractivity contribution in [3.8, 4) is 5.75 Å². The molecule has 0 unspecified atom stereocenters. The van der Waals surface area contributed by atoms with Crippen LogP contribution in [0, 0.1) is 0 Å². The zero-order valence-corrected chi connectivity index (χ0v) is 13.2. The summed E-state index contributed by atoms with van der Waals surface area (Å²) in [5.74, 6) is -0.757. The Morgan fingerprint density at radius 2 is 1.78 bits per heavy atom. The van der Waals surface area contributed by atoms with E-state index < -0.39 is 27.0 Å². The Morgan fingerprint density at radius 1 is 1.22 bits per heavy atom. The predicted molar refractivity (Wildman–Crippen MR) is 74.4 cm³/mol. The maximum Gasteiger partial charge on any atom is 0.534 e. The van der Waals surface area contributed by atoms with Crippen molar-refractivity contribution in [2.45, 2.75) is 36.8 Å². The second kappa shape index (κ2) is 5.79. The molecule has 0 radical (unpaired) electrons. The first-order valence-electron chi connectivity index (χ1n) is 6.70. The zero-order valence-electron chi connectivity index (χ0n) is 12.4. The molecule has 0 bridgehead atoms. The lowest BCUT2D eigenvalue weighted by molar-refractivity contribution is -0.136. The van der Waals surface area contributed by atoms with Crippen LogP contribution in [-0.4, -0.2) is 32.4 Å². The second-order valence-corrected chi connectivity index (χ2v) is 6.92. The van der Waals surface area contributed by atoms with Gasteiger partial charge in [-0.15, -0.1) is 0 Å². The molecule has 9 heteroatoms. The van der Waals surface area contributed by atoms with Crippen molar-refractivity contribution >= 4 is 15.9 Å². The standard InChI is InChI=1S/C14H15F3O5S/c1-13(21-2)11(7-8-12(13)18)9-3-5-10(6-4-9)22-23(19,20)14(15,16)17/h3-6,11H,7-8H2,1-2H3/t11-,13-/m1/s1. The van der Waals surface area contributed by atoms with Gasteiger partial charge < -0.3 is 8.92 Å². The maximum absolute atomic E-state index is 12.3. The van der Waals surface area contributed by atoms with Crippen molar-refractivity contribution in [3.63, 3.8) is 0 Å². The molecular formula is C14H15F3O5S. The number of halogens is 3. The molecule has 2 atom stereocenters. The minimum Gasteiger partial charge on any atom is -0.376 e. The normalized spacial score (nSPS) is 25.6. The van der Waals surface area contributed by atoms with Gasteiger partial charge in [0.15, 0.2) is 5.78 Å². The highest BCUT2D eigenvalue weighted by Gasteiger charge is 2.49. The number of rotatable bonds is 4. The van der Waals surface area contributed by atoms with Crippen molar-refractivity contribution in [1.82, 2.24) is 0 Å². The van der Waals surface area contributed by atoms with E-state index in [0.29, 0.717) is 18.4 Å². The van der Waals surface area contributed by atoms with E-state index in [-0.39, 0.29) is 11.7 Å². The largest absolute Gasteiger partial charge is 0.534 e. The average molecular weight is 352 g/mol. The van der Waals surface area contributed by atoms with Crippen LogP contribution in [0.25, 0.3) is 0 Å². The smallest absolute Gasteiger partial charge is 0.376 e. The summed E-state index contributed by atoms with van der Waals surface area (Å²) < 4.78 is 68.0. The summed E-state index contributed by atoms with van der Waals surface area (Å²) in [6.45, 7) is 1.66. The number of ether oxygens (including phenoxy) is 1. The second-order valence-electron chi connectivity index (χ2n) is 5.38. The van der Waals surface area contributed by atoms with Gasteiger partial charge >= 0.3 is 15.6 Å². The minimum atomic E-state index is -5.70. The summed E-state index contributed by atoms with van der Waals surface area (Å²) in [4.78, 5) is 11.9. The number of hydrogen-bond donors (Lipinski definition) is 0. The Hall–Kier alpha value is -1.61. The summed E-state index contributed by atoms with van der Waals surface area (Å²) in [7, 11) is -4.28. The highest BCUT2D eigenvalue weighted by molar-refractivity contribution is 7.88. The molecule has 2 rings (SSSR count). The van der Waals surface area contributed by atoms with Crippen LogP contribution in [0.5, 0.6) is 5.75 Å². The Balaban J connectivity index is 2.23. The van der Waals surface area contributed by atoms with Crippen LogP contribution in [0.15, 0.2) is 24.3 Å². The summed E-state index contributed by atoms with van der Waals surface area (Å²) in [6, 6.07) is 5.11. The molecule has 0 N–H and O–H groups in total. The van der Waals surface area contributed by atoms with Gasteiger partial charge in [-0.25, -0.2) is 0 Å². The topological polar surface area (TPSA) is 69.7 Å². The highest BCUT2D eigenvalue weighted by Crippen LogP contribution is 2.43. The van der Waals surface area contributed by atoms with Crippen LogP contribution in [0.4, 0.5) is 13.2 Å². The van der Waals surface area contributed by atoms with E-state index in [1.54, 1.807) is 6.92 Å². The van der Waals surface area contributed by atoms with E-state index in [4.69, 9.17) is 4.74 Å². The number of ketones is 1. The lowest BCUT2D eigenvalue weighted by Crippen LogP contribution is -2.37. The molecule has 23 heavy (non-hydrogen) atoms.